The monoisotopic (exact) mass is 451 g/mol. The predicted octanol–water partition coefficient (Wildman–Crippen LogP) is 3.54. The minimum Gasteiger partial charge on any atom is -0.442 e. The van der Waals surface area contributed by atoms with E-state index in [1.807, 2.05) is 16.7 Å². The molecule has 5 aliphatic rings. The van der Waals surface area contributed by atoms with Crippen molar-refractivity contribution < 1.29 is 23.1 Å². The fraction of sp³-hybridized carbons (Fsp3) is 0.636. The van der Waals surface area contributed by atoms with Gasteiger partial charge < -0.3 is 15.0 Å². The van der Waals surface area contributed by atoms with E-state index in [9.17, 15) is 9.59 Å². The lowest BCUT2D eigenvalue weighted by molar-refractivity contribution is -0.122. The van der Waals surface area contributed by atoms with Crippen LogP contribution in [0.15, 0.2) is 12.1 Å². The first-order chi connectivity index (χ1) is 15.0. The highest BCUT2D eigenvalue weighted by atomic mass is 32.2. The second-order valence-electron chi connectivity index (χ2n) is 9.01. The summed E-state index contributed by atoms with van der Waals surface area (Å²) in [5.41, 5.74) is 0.160. The van der Waals surface area contributed by atoms with Crippen LogP contribution >= 0.6 is 11.8 Å². The topological polar surface area (TPSA) is 61.9 Å². The highest BCUT2D eigenvalue weighted by Crippen LogP contribution is 2.38. The quantitative estimate of drug-likeness (QED) is 0.742. The molecule has 0 aromatic heterocycles. The molecule has 1 N–H and O–H groups in total. The summed E-state index contributed by atoms with van der Waals surface area (Å²) in [4.78, 5) is 27.2. The van der Waals surface area contributed by atoms with E-state index in [1.165, 1.54) is 17.0 Å². The van der Waals surface area contributed by atoms with Crippen LogP contribution < -0.4 is 15.1 Å². The summed E-state index contributed by atoms with van der Waals surface area (Å²) in [6.07, 6.45) is 3.73. The molecule has 1 saturated carbocycles. The number of thioether (sulfide) groups is 1. The number of carbonyl (C=O) groups excluding carboxylic acids is 2. The number of rotatable bonds is 5. The van der Waals surface area contributed by atoms with E-state index in [0.717, 1.165) is 43.6 Å². The normalized spacial score (nSPS) is 28.3. The number of fused-ring (bicyclic) bond motifs is 5. The molecule has 2 bridgehead atoms. The Morgan fingerprint density at radius 1 is 1.13 bits per heavy atom. The van der Waals surface area contributed by atoms with Crippen molar-refractivity contribution >= 4 is 35.1 Å². The first-order valence-corrected chi connectivity index (χ1v) is 12.2. The van der Waals surface area contributed by atoms with Crippen molar-refractivity contribution in [2.45, 2.75) is 44.2 Å². The highest BCUT2D eigenvalue weighted by molar-refractivity contribution is 7.99. The molecule has 0 spiro atoms. The number of piperidine rings is 1. The third-order valence-electron chi connectivity index (χ3n) is 6.71. The number of benzene rings is 1. The Morgan fingerprint density at radius 3 is 2.65 bits per heavy atom. The molecule has 6 rings (SSSR count). The summed E-state index contributed by atoms with van der Waals surface area (Å²) in [5.74, 6) is 1.19. The molecule has 1 aromatic carbocycles. The number of anilines is 2. The zero-order chi connectivity index (χ0) is 21.5. The van der Waals surface area contributed by atoms with Crippen LogP contribution in [0.25, 0.3) is 0 Å². The molecular formula is C22H27F2N3O3S. The van der Waals surface area contributed by atoms with E-state index in [2.05, 4.69) is 5.32 Å². The molecular weight excluding hydrogens is 424 g/mol. The van der Waals surface area contributed by atoms with Gasteiger partial charge in [-0.2, -0.15) is 11.8 Å². The number of carbonyl (C=O) groups is 2. The maximum absolute atomic E-state index is 15.2. The van der Waals surface area contributed by atoms with Crippen LogP contribution in [-0.2, 0) is 9.53 Å². The van der Waals surface area contributed by atoms with Crippen molar-refractivity contribution in [2.75, 3.05) is 40.9 Å². The van der Waals surface area contributed by atoms with Crippen LogP contribution in [-0.4, -0.2) is 55.3 Å². The Kier molecular flexibility index (Phi) is 5.71. The van der Waals surface area contributed by atoms with Gasteiger partial charge in [0.25, 0.3) is 0 Å². The number of hydrogen-bond donors (Lipinski definition) is 1. The smallest absolute Gasteiger partial charge is 0.414 e. The van der Waals surface area contributed by atoms with Gasteiger partial charge in [-0.3, -0.25) is 9.69 Å². The van der Waals surface area contributed by atoms with Crippen LogP contribution in [0.2, 0.25) is 0 Å². The molecule has 1 aromatic rings. The fourth-order valence-electron chi connectivity index (χ4n) is 4.78. The molecule has 5 fully saturated rings. The van der Waals surface area contributed by atoms with Crippen molar-refractivity contribution in [2.24, 2.45) is 11.8 Å². The summed E-state index contributed by atoms with van der Waals surface area (Å²) < 4.78 is 35.6. The zero-order valence-corrected chi connectivity index (χ0v) is 18.1. The molecule has 1 aliphatic carbocycles. The maximum atomic E-state index is 15.2. The largest absolute Gasteiger partial charge is 0.442 e. The SMILES string of the molecule is O=C(NC[C@H]1CN(c2cc(F)c(N3CC4CCSCC3CC4)c(F)c2)C(=O)O1)C1CC1. The molecule has 9 heteroatoms. The summed E-state index contributed by atoms with van der Waals surface area (Å²) in [5, 5.41) is 2.78. The van der Waals surface area contributed by atoms with Gasteiger partial charge in [-0.25, -0.2) is 13.6 Å². The fourth-order valence-corrected chi connectivity index (χ4v) is 6.07. The van der Waals surface area contributed by atoms with Gasteiger partial charge in [0.1, 0.15) is 11.8 Å². The summed E-state index contributed by atoms with van der Waals surface area (Å²) >= 11 is 1.85. The van der Waals surface area contributed by atoms with Crippen molar-refractivity contribution in [1.29, 1.82) is 0 Å². The van der Waals surface area contributed by atoms with Gasteiger partial charge in [0.15, 0.2) is 11.6 Å². The number of cyclic esters (lactones) is 1. The number of nitrogens with zero attached hydrogens (tertiary/aromatic N) is 2. The first kappa shape index (κ1) is 20.8. The average molecular weight is 452 g/mol. The van der Waals surface area contributed by atoms with E-state index in [4.69, 9.17) is 4.74 Å². The molecule has 3 atom stereocenters. The van der Waals surface area contributed by atoms with E-state index >= 15 is 8.78 Å². The molecule has 4 aliphatic heterocycles. The lowest BCUT2D eigenvalue weighted by Crippen LogP contribution is -2.47. The van der Waals surface area contributed by atoms with Gasteiger partial charge in [-0.05, 0) is 43.8 Å². The van der Waals surface area contributed by atoms with Gasteiger partial charge in [-0.15, -0.1) is 0 Å². The van der Waals surface area contributed by atoms with Crippen LogP contribution in [0, 0.1) is 23.5 Å². The number of halogens is 2. The average Bonchev–Trinajstić information content (AvgIpc) is 3.49. The molecule has 31 heavy (non-hydrogen) atoms. The Labute approximate surface area is 184 Å². The maximum Gasteiger partial charge on any atom is 0.414 e. The van der Waals surface area contributed by atoms with Crippen LogP contribution in [0.3, 0.4) is 0 Å². The van der Waals surface area contributed by atoms with Crippen LogP contribution in [0.4, 0.5) is 25.0 Å². The minimum absolute atomic E-state index is 0.0155. The lowest BCUT2D eigenvalue weighted by atomic mass is 9.90. The molecule has 4 saturated heterocycles. The molecule has 6 nitrogen and oxygen atoms in total. The summed E-state index contributed by atoms with van der Waals surface area (Å²) in [6.45, 7) is 1.02. The Bertz CT molecular complexity index is 855. The molecule has 2 amide bonds. The molecule has 0 radical (unpaired) electrons. The standard InChI is InChI=1S/C22H27F2N3O3S/c23-18-7-16(27-11-17(30-22(27)29)9-25-21(28)14-2-3-14)8-19(24)20(18)26-10-13-1-4-15(26)12-31-6-5-13/h7-8,13-15,17H,1-6,9-12H2,(H,25,28)/t13?,15?,17-/m0/s1. The van der Waals surface area contributed by atoms with Gasteiger partial charge in [0, 0.05) is 36.4 Å². The van der Waals surface area contributed by atoms with Gasteiger partial charge in [-0.1, -0.05) is 0 Å². The van der Waals surface area contributed by atoms with Gasteiger partial charge in [0.2, 0.25) is 5.91 Å². The number of amides is 2. The molecule has 4 heterocycles. The van der Waals surface area contributed by atoms with Crippen molar-refractivity contribution in [3.05, 3.63) is 23.8 Å². The second-order valence-corrected chi connectivity index (χ2v) is 10.2. The van der Waals surface area contributed by atoms with Gasteiger partial charge in [0.05, 0.1) is 18.8 Å². The van der Waals surface area contributed by atoms with Crippen LogP contribution in [0.1, 0.15) is 32.1 Å². The van der Waals surface area contributed by atoms with E-state index < -0.39 is 23.8 Å². The Hall–Kier alpha value is -2.03. The van der Waals surface area contributed by atoms with Crippen molar-refractivity contribution in [3.63, 3.8) is 0 Å². The van der Waals surface area contributed by atoms with Gasteiger partial charge >= 0.3 is 6.09 Å². The molecule has 168 valence electrons. The van der Waals surface area contributed by atoms with Crippen molar-refractivity contribution in [1.82, 2.24) is 5.32 Å². The van der Waals surface area contributed by atoms with Crippen molar-refractivity contribution in [3.8, 4) is 0 Å². The van der Waals surface area contributed by atoms with E-state index in [1.54, 1.807) is 0 Å². The number of nitrogens with one attached hydrogen (secondary N) is 1. The minimum atomic E-state index is -0.654. The third-order valence-corrected chi connectivity index (χ3v) is 7.86. The highest BCUT2D eigenvalue weighted by Gasteiger charge is 2.37. The number of ether oxygens (including phenoxy) is 1. The van der Waals surface area contributed by atoms with E-state index in [-0.39, 0.29) is 42.3 Å². The Balaban J connectivity index is 1.30. The third kappa shape index (κ3) is 4.33. The predicted molar refractivity (Wildman–Crippen MR) is 116 cm³/mol. The second kappa shape index (κ2) is 8.48. The lowest BCUT2D eigenvalue weighted by Gasteiger charge is -2.43. The van der Waals surface area contributed by atoms with Crippen LogP contribution in [0.5, 0.6) is 0 Å². The Morgan fingerprint density at radius 2 is 1.90 bits per heavy atom. The summed E-state index contributed by atoms with van der Waals surface area (Å²) in [6, 6.07) is 2.59. The zero-order valence-electron chi connectivity index (χ0n) is 17.3. The number of hydrogen-bond acceptors (Lipinski definition) is 5. The first-order valence-electron chi connectivity index (χ1n) is 11.1. The molecule has 2 unspecified atom stereocenters. The summed E-state index contributed by atoms with van der Waals surface area (Å²) in [7, 11) is 0. The van der Waals surface area contributed by atoms with E-state index in [0.29, 0.717) is 12.5 Å².